The standard InChI is InChI=1S/C10H8N2O6S2/c11-12-9-3-4-10(20(16,17)18)8-5-6(19(13,14)15)1-2-7(8)9/h1-2,4-5H,3H2,(H,13,14,15)(H,16,17,18). The summed E-state index contributed by atoms with van der Waals surface area (Å²) in [5.74, 6) is 0. The highest BCUT2D eigenvalue weighted by Gasteiger charge is 2.30. The minimum absolute atomic E-state index is 0.0517. The maximum Gasteiger partial charge on any atom is 0.303 e. The molecule has 8 nitrogen and oxygen atoms in total. The third-order valence-electron chi connectivity index (χ3n) is 2.74. The van der Waals surface area contributed by atoms with Gasteiger partial charge in [-0.05, 0) is 18.2 Å². The zero-order chi connectivity index (χ0) is 15.1. The van der Waals surface area contributed by atoms with E-state index in [1.807, 2.05) is 0 Å². The van der Waals surface area contributed by atoms with Crippen LogP contribution < -0.4 is 0 Å². The SMILES string of the molecule is [N-]=[N+]=C1CC=C(S(=O)(=O)O)c2cc(S(=O)(=O)O)ccc21. The van der Waals surface area contributed by atoms with Crippen LogP contribution in [0.3, 0.4) is 0 Å². The van der Waals surface area contributed by atoms with Gasteiger partial charge in [0.25, 0.3) is 20.2 Å². The lowest BCUT2D eigenvalue weighted by Crippen LogP contribution is -2.15. The molecule has 106 valence electrons. The van der Waals surface area contributed by atoms with Crippen molar-refractivity contribution in [3.05, 3.63) is 40.9 Å². The molecule has 0 bridgehead atoms. The van der Waals surface area contributed by atoms with Gasteiger partial charge in [0.2, 0.25) is 0 Å². The Balaban J connectivity index is 2.83. The van der Waals surface area contributed by atoms with E-state index in [0.717, 1.165) is 18.2 Å². The highest BCUT2D eigenvalue weighted by molar-refractivity contribution is 7.95. The molecule has 0 aliphatic heterocycles. The first kappa shape index (κ1) is 14.6. The van der Waals surface area contributed by atoms with Crippen LogP contribution in [0, 0.1) is 0 Å². The molecule has 0 heterocycles. The lowest BCUT2D eigenvalue weighted by Gasteiger charge is -2.13. The largest absolute Gasteiger partial charge is 0.361 e. The van der Waals surface area contributed by atoms with Crippen molar-refractivity contribution in [2.75, 3.05) is 0 Å². The summed E-state index contributed by atoms with van der Waals surface area (Å²) in [6.45, 7) is 0. The van der Waals surface area contributed by atoms with Crippen LogP contribution in [0.25, 0.3) is 10.4 Å². The van der Waals surface area contributed by atoms with Crippen LogP contribution in [0.5, 0.6) is 0 Å². The topological polar surface area (TPSA) is 145 Å². The van der Waals surface area contributed by atoms with Gasteiger partial charge in [-0.3, -0.25) is 9.11 Å². The van der Waals surface area contributed by atoms with Crippen molar-refractivity contribution >= 4 is 30.9 Å². The second-order valence-electron chi connectivity index (χ2n) is 3.98. The minimum Gasteiger partial charge on any atom is -0.361 e. The quantitative estimate of drug-likeness (QED) is 0.464. The third kappa shape index (κ3) is 2.55. The van der Waals surface area contributed by atoms with E-state index in [2.05, 4.69) is 4.79 Å². The fourth-order valence-corrected chi connectivity index (χ4v) is 3.14. The fourth-order valence-electron chi connectivity index (χ4n) is 1.89. The third-order valence-corrected chi connectivity index (χ3v) is 4.54. The first-order valence-corrected chi connectivity index (χ1v) is 8.03. The summed E-state index contributed by atoms with van der Waals surface area (Å²) in [7, 11) is -9.12. The summed E-state index contributed by atoms with van der Waals surface area (Å²) < 4.78 is 62.8. The van der Waals surface area contributed by atoms with Gasteiger partial charge in [0.15, 0.2) is 0 Å². The fraction of sp³-hybridized carbons (Fsp3) is 0.100. The average Bonchev–Trinajstić information content (AvgIpc) is 2.34. The molecular formula is C10H8N2O6S2. The van der Waals surface area contributed by atoms with E-state index in [-0.39, 0.29) is 23.3 Å². The lowest BCUT2D eigenvalue weighted by molar-refractivity contribution is -0.00608. The minimum atomic E-state index is -4.59. The van der Waals surface area contributed by atoms with E-state index >= 15 is 0 Å². The summed E-state index contributed by atoms with van der Waals surface area (Å²) in [4.78, 5) is 1.93. The van der Waals surface area contributed by atoms with Crippen LogP contribution in [0.15, 0.2) is 29.2 Å². The number of nitrogens with zero attached hydrogens (tertiary/aromatic N) is 2. The normalized spacial score (nSPS) is 15.3. The zero-order valence-electron chi connectivity index (χ0n) is 9.75. The van der Waals surface area contributed by atoms with Crippen LogP contribution in [-0.2, 0) is 20.2 Å². The Morgan fingerprint density at radius 2 is 1.70 bits per heavy atom. The van der Waals surface area contributed by atoms with Gasteiger partial charge >= 0.3 is 5.71 Å². The zero-order valence-corrected chi connectivity index (χ0v) is 11.4. The van der Waals surface area contributed by atoms with E-state index in [1.165, 1.54) is 6.07 Å². The van der Waals surface area contributed by atoms with Crippen LogP contribution in [0.2, 0.25) is 0 Å². The molecule has 0 aromatic heterocycles. The van der Waals surface area contributed by atoms with Crippen molar-refractivity contribution in [3.63, 3.8) is 0 Å². The molecule has 1 aromatic rings. The lowest BCUT2D eigenvalue weighted by atomic mass is 9.95. The van der Waals surface area contributed by atoms with Crippen molar-refractivity contribution in [2.24, 2.45) is 0 Å². The van der Waals surface area contributed by atoms with Gasteiger partial charge in [-0.15, -0.1) is 0 Å². The van der Waals surface area contributed by atoms with Crippen LogP contribution in [-0.4, -0.2) is 36.4 Å². The molecule has 0 spiro atoms. The highest BCUT2D eigenvalue weighted by atomic mass is 32.2. The molecule has 1 aliphatic rings. The monoisotopic (exact) mass is 316 g/mol. The molecule has 2 N–H and O–H groups in total. The van der Waals surface area contributed by atoms with Gasteiger partial charge in [0.1, 0.15) is 0 Å². The van der Waals surface area contributed by atoms with E-state index in [9.17, 15) is 16.8 Å². The Hall–Kier alpha value is -1.84. The van der Waals surface area contributed by atoms with Gasteiger partial charge in [-0.2, -0.15) is 21.6 Å². The van der Waals surface area contributed by atoms with Crippen molar-refractivity contribution < 1.29 is 30.7 Å². The molecule has 0 amide bonds. The van der Waals surface area contributed by atoms with E-state index in [4.69, 9.17) is 14.6 Å². The molecule has 0 atom stereocenters. The Morgan fingerprint density at radius 1 is 1.05 bits per heavy atom. The Kier molecular flexibility index (Phi) is 3.36. The number of allylic oxidation sites excluding steroid dienone is 1. The molecule has 10 heteroatoms. The number of rotatable bonds is 2. The number of hydrogen-bond donors (Lipinski definition) is 2. The predicted molar refractivity (Wildman–Crippen MR) is 68.1 cm³/mol. The molecule has 0 fully saturated rings. The van der Waals surface area contributed by atoms with Gasteiger partial charge in [-0.1, -0.05) is 6.08 Å². The molecule has 2 rings (SSSR count). The Morgan fingerprint density at radius 3 is 2.20 bits per heavy atom. The van der Waals surface area contributed by atoms with Crippen LogP contribution in [0.4, 0.5) is 0 Å². The van der Waals surface area contributed by atoms with Crippen molar-refractivity contribution in [1.29, 1.82) is 0 Å². The smallest absolute Gasteiger partial charge is 0.303 e. The van der Waals surface area contributed by atoms with Crippen LogP contribution >= 0.6 is 0 Å². The van der Waals surface area contributed by atoms with Crippen LogP contribution in [0.1, 0.15) is 17.5 Å². The summed E-state index contributed by atoms with van der Waals surface area (Å²) in [6.07, 6.45) is 1.03. The molecule has 0 saturated carbocycles. The van der Waals surface area contributed by atoms with Gasteiger partial charge in [-0.25, -0.2) is 0 Å². The molecule has 0 radical (unpaired) electrons. The van der Waals surface area contributed by atoms with Gasteiger partial charge in [0, 0.05) is 5.56 Å². The first-order valence-electron chi connectivity index (χ1n) is 5.15. The molecule has 0 saturated heterocycles. The molecular weight excluding hydrogens is 308 g/mol. The van der Waals surface area contributed by atoms with Crippen molar-refractivity contribution in [2.45, 2.75) is 11.3 Å². The van der Waals surface area contributed by atoms with E-state index in [0.29, 0.717) is 0 Å². The molecule has 1 aromatic carbocycles. The molecule has 1 aliphatic carbocycles. The Bertz CT molecular complexity index is 876. The molecule has 0 unspecified atom stereocenters. The number of benzene rings is 1. The first-order chi connectivity index (χ1) is 9.14. The number of fused-ring (bicyclic) bond motifs is 1. The van der Waals surface area contributed by atoms with Crippen molar-refractivity contribution in [1.82, 2.24) is 0 Å². The number of hydrogen-bond acceptors (Lipinski definition) is 4. The summed E-state index contributed by atoms with van der Waals surface area (Å²) in [5.41, 5.74) is 8.92. The van der Waals surface area contributed by atoms with Gasteiger partial charge in [0.05, 0.1) is 21.8 Å². The van der Waals surface area contributed by atoms with E-state index in [1.54, 1.807) is 0 Å². The second kappa shape index (κ2) is 4.62. The summed E-state index contributed by atoms with van der Waals surface area (Å²) >= 11 is 0. The summed E-state index contributed by atoms with van der Waals surface area (Å²) in [5, 5.41) is 0. The average molecular weight is 316 g/mol. The summed E-state index contributed by atoms with van der Waals surface area (Å²) in [6, 6.07) is 3.10. The predicted octanol–water partition coefficient (Wildman–Crippen LogP) is 0.585. The van der Waals surface area contributed by atoms with Gasteiger partial charge < -0.3 is 5.53 Å². The maximum atomic E-state index is 11.3. The second-order valence-corrected chi connectivity index (χ2v) is 6.79. The maximum absolute atomic E-state index is 11.3. The Labute approximate surface area is 114 Å². The molecule has 20 heavy (non-hydrogen) atoms. The highest BCUT2D eigenvalue weighted by Crippen LogP contribution is 2.31. The van der Waals surface area contributed by atoms with E-state index < -0.39 is 30.0 Å². The van der Waals surface area contributed by atoms with Crippen molar-refractivity contribution in [3.8, 4) is 0 Å².